The van der Waals surface area contributed by atoms with Crippen molar-refractivity contribution < 1.29 is 9.47 Å². The van der Waals surface area contributed by atoms with Crippen LogP contribution in [-0.4, -0.2) is 29.3 Å². The number of hydrogen-bond donors (Lipinski definition) is 1. The Kier molecular flexibility index (Phi) is 3.02. The molecule has 1 aromatic heterocycles. The first-order valence-electron chi connectivity index (χ1n) is 5.97. The molecule has 1 aliphatic heterocycles. The third-order valence-electron chi connectivity index (χ3n) is 3.06. The number of benzene rings is 1. The number of ether oxygens (including phenoxy) is 2. The van der Waals surface area contributed by atoms with Gasteiger partial charge in [-0.1, -0.05) is 0 Å². The molecule has 2 N–H and O–H groups in total. The zero-order valence-corrected chi connectivity index (χ0v) is 11.7. The van der Waals surface area contributed by atoms with Gasteiger partial charge in [-0.2, -0.15) is 5.10 Å². The molecule has 100 valence electrons. The number of nitrogens with two attached hydrogens (primary N) is 1. The minimum Gasteiger partial charge on any atom is -0.486 e. The fourth-order valence-corrected chi connectivity index (χ4v) is 2.85. The van der Waals surface area contributed by atoms with E-state index < -0.39 is 0 Å². The summed E-state index contributed by atoms with van der Waals surface area (Å²) in [7, 11) is 1.83. The molecule has 2 heterocycles. The summed E-state index contributed by atoms with van der Waals surface area (Å²) < 4.78 is 13.0. The van der Waals surface area contributed by atoms with Crippen LogP contribution in [0.3, 0.4) is 0 Å². The van der Waals surface area contributed by atoms with E-state index in [4.69, 9.17) is 15.2 Å². The number of thioether (sulfide) groups is 1. The minimum atomic E-state index is 0.578. The molecule has 0 saturated heterocycles. The molecular weight excluding hydrogens is 262 g/mol. The normalized spacial score (nSPS) is 13.6. The Hall–Kier alpha value is -1.82. The minimum absolute atomic E-state index is 0.578. The summed E-state index contributed by atoms with van der Waals surface area (Å²) >= 11 is 1.62. The molecule has 1 aromatic carbocycles. The van der Waals surface area contributed by atoms with Gasteiger partial charge >= 0.3 is 0 Å². The molecular formula is C13H15N3O2S. The van der Waals surface area contributed by atoms with Crippen LogP contribution in [0, 0.1) is 0 Å². The third kappa shape index (κ3) is 2.02. The summed E-state index contributed by atoms with van der Waals surface area (Å²) in [5, 5.41) is 4.42. The Morgan fingerprint density at radius 3 is 2.79 bits per heavy atom. The summed E-state index contributed by atoms with van der Waals surface area (Å²) in [4.78, 5) is 1.04. The van der Waals surface area contributed by atoms with Crippen molar-refractivity contribution in [1.82, 2.24) is 9.78 Å². The smallest absolute Gasteiger partial charge is 0.175 e. The molecule has 2 aromatic rings. The number of rotatable bonds is 2. The van der Waals surface area contributed by atoms with Crippen molar-refractivity contribution in [3.63, 3.8) is 0 Å². The van der Waals surface area contributed by atoms with Gasteiger partial charge in [0.15, 0.2) is 11.5 Å². The fraction of sp³-hybridized carbons (Fsp3) is 0.308. The van der Waals surface area contributed by atoms with Crippen LogP contribution >= 0.6 is 11.8 Å². The molecule has 0 fully saturated rings. The van der Waals surface area contributed by atoms with Gasteiger partial charge in [0.1, 0.15) is 19.0 Å². The Morgan fingerprint density at radius 2 is 2.11 bits per heavy atom. The van der Waals surface area contributed by atoms with Crippen molar-refractivity contribution in [2.75, 3.05) is 25.2 Å². The molecule has 19 heavy (non-hydrogen) atoms. The molecule has 3 rings (SSSR count). The van der Waals surface area contributed by atoms with Crippen LogP contribution in [0.5, 0.6) is 11.5 Å². The highest BCUT2D eigenvalue weighted by Crippen LogP contribution is 2.44. The molecule has 0 unspecified atom stereocenters. The highest BCUT2D eigenvalue weighted by Gasteiger charge is 2.21. The van der Waals surface area contributed by atoms with E-state index in [1.807, 2.05) is 31.5 Å². The lowest BCUT2D eigenvalue weighted by molar-refractivity contribution is 0.167. The van der Waals surface area contributed by atoms with E-state index in [9.17, 15) is 0 Å². The van der Waals surface area contributed by atoms with E-state index in [0.717, 1.165) is 27.7 Å². The molecule has 5 nitrogen and oxygen atoms in total. The number of aromatic nitrogens is 2. The standard InChI is InChI=1S/C13H15N3O2S/c1-16-11(14)7-9(15-16)8-3-4-10-12(13(8)19-2)18-6-5-17-10/h3-4,7H,5-6,14H2,1-2H3. The summed E-state index contributed by atoms with van der Waals surface area (Å²) in [6, 6.07) is 5.79. The van der Waals surface area contributed by atoms with Crippen LogP contribution < -0.4 is 15.2 Å². The predicted molar refractivity (Wildman–Crippen MR) is 75.8 cm³/mol. The van der Waals surface area contributed by atoms with Gasteiger partial charge in [0, 0.05) is 18.7 Å². The van der Waals surface area contributed by atoms with Gasteiger partial charge in [-0.05, 0) is 18.4 Å². The first-order valence-corrected chi connectivity index (χ1v) is 7.19. The maximum Gasteiger partial charge on any atom is 0.175 e. The lowest BCUT2D eigenvalue weighted by Gasteiger charge is -2.21. The lowest BCUT2D eigenvalue weighted by atomic mass is 10.1. The van der Waals surface area contributed by atoms with Gasteiger partial charge in [-0.3, -0.25) is 4.68 Å². The highest BCUT2D eigenvalue weighted by atomic mass is 32.2. The van der Waals surface area contributed by atoms with Crippen molar-refractivity contribution in [2.45, 2.75) is 4.90 Å². The van der Waals surface area contributed by atoms with Gasteiger partial charge in [0.05, 0.1) is 10.6 Å². The van der Waals surface area contributed by atoms with E-state index in [1.54, 1.807) is 16.4 Å². The van der Waals surface area contributed by atoms with Crippen molar-refractivity contribution in [2.24, 2.45) is 7.05 Å². The molecule has 0 atom stereocenters. The molecule has 0 radical (unpaired) electrons. The molecule has 0 amide bonds. The van der Waals surface area contributed by atoms with Crippen LogP contribution in [0.1, 0.15) is 0 Å². The van der Waals surface area contributed by atoms with Crippen molar-refractivity contribution in [3.8, 4) is 22.8 Å². The van der Waals surface area contributed by atoms with E-state index in [2.05, 4.69) is 5.10 Å². The van der Waals surface area contributed by atoms with Gasteiger partial charge in [-0.15, -0.1) is 11.8 Å². The molecule has 0 bridgehead atoms. The molecule has 0 spiro atoms. The van der Waals surface area contributed by atoms with E-state index >= 15 is 0 Å². The Labute approximate surface area is 115 Å². The largest absolute Gasteiger partial charge is 0.486 e. The SMILES string of the molecule is CSc1c(-c2cc(N)n(C)n2)ccc2c1OCCO2. The second-order valence-electron chi connectivity index (χ2n) is 4.25. The Bertz CT molecular complexity index is 605. The van der Waals surface area contributed by atoms with Gasteiger partial charge in [0.25, 0.3) is 0 Å². The van der Waals surface area contributed by atoms with Crippen LogP contribution in [0.25, 0.3) is 11.3 Å². The number of nitrogen functional groups attached to an aromatic ring is 1. The first-order chi connectivity index (χ1) is 9.20. The summed E-state index contributed by atoms with van der Waals surface area (Å²) in [6.45, 7) is 1.17. The average molecular weight is 277 g/mol. The van der Waals surface area contributed by atoms with Gasteiger partial charge < -0.3 is 15.2 Å². The molecule has 0 saturated carbocycles. The zero-order valence-electron chi connectivity index (χ0n) is 10.8. The van der Waals surface area contributed by atoms with Crippen molar-refractivity contribution >= 4 is 17.6 Å². The maximum atomic E-state index is 5.85. The van der Waals surface area contributed by atoms with Crippen LogP contribution in [0.4, 0.5) is 5.82 Å². The summed E-state index contributed by atoms with van der Waals surface area (Å²) in [6.07, 6.45) is 2.02. The average Bonchev–Trinajstić information content (AvgIpc) is 2.77. The van der Waals surface area contributed by atoms with Crippen molar-refractivity contribution in [3.05, 3.63) is 18.2 Å². The van der Waals surface area contributed by atoms with Gasteiger partial charge in [-0.25, -0.2) is 0 Å². The number of anilines is 1. The quantitative estimate of drug-likeness (QED) is 0.852. The molecule has 6 heteroatoms. The third-order valence-corrected chi connectivity index (χ3v) is 3.87. The van der Waals surface area contributed by atoms with Crippen LogP contribution in [-0.2, 0) is 7.05 Å². The van der Waals surface area contributed by atoms with E-state index in [1.165, 1.54) is 0 Å². The Balaban J connectivity index is 2.16. The lowest BCUT2D eigenvalue weighted by Crippen LogP contribution is -2.16. The zero-order chi connectivity index (χ0) is 13.4. The molecule has 0 aliphatic carbocycles. The number of nitrogens with zero attached hydrogens (tertiary/aromatic N) is 2. The molecule has 1 aliphatic rings. The highest BCUT2D eigenvalue weighted by molar-refractivity contribution is 7.98. The van der Waals surface area contributed by atoms with E-state index in [-0.39, 0.29) is 0 Å². The summed E-state index contributed by atoms with van der Waals surface area (Å²) in [5.74, 6) is 2.24. The predicted octanol–water partition coefficient (Wildman–Crippen LogP) is 2.16. The first kappa shape index (κ1) is 12.2. The van der Waals surface area contributed by atoms with Crippen LogP contribution in [0.2, 0.25) is 0 Å². The maximum absolute atomic E-state index is 5.85. The number of aryl methyl sites for hydroxylation is 1. The summed E-state index contributed by atoms with van der Waals surface area (Å²) in [5.41, 5.74) is 7.71. The second kappa shape index (κ2) is 4.70. The van der Waals surface area contributed by atoms with E-state index in [0.29, 0.717) is 19.0 Å². The number of fused-ring (bicyclic) bond motifs is 1. The topological polar surface area (TPSA) is 62.3 Å². The van der Waals surface area contributed by atoms with Gasteiger partial charge in [0.2, 0.25) is 0 Å². The fourth-order valence-electron chi connectivity index (χ4n) is 2.11. The van der Waals surface area contributed by atoms with Crippen LogP contribution in [0.15, 0.2) is 23.1 Å². The Morgan fingerprint density at radius 1 is 1.32 bits per heavy atom. The second-order valence-corrected chi connectivity index (χ2v) is 5.07. The monoisotopic (exact) mass is 277 g/mol. The van der Waals surface area contributed by atoms with Crippen molar-refractivity contribution in [1.29, 1.82) is 0 Å². The number of hydrogen-bond acceptors (Lipinski definition) is 5.